The Morgan fingerprint density at radius 1 is 1.15 bits per heavy atom. The lowest BCUT2D eigenvalue weighted by atomic mass is 10.1. The van der Waals surface area contributed by atoms with Crippen LogP contribution in [0.5, 0.6) is 0 Å². The van der Waals surface area contributed by atoms with E-state index in [0.717, 1.165) is 6.26 Å². The molecule has 1 aliphatic heterocycles. The van der Waals surface area contributed by atoms with Gasteiger partial charge >= 0.3 is 6.18 Å². The topological polar surface area (TPSA) is 148 Å². The van der Waals surface area contributed by atoms with E-state index in [9.17, 15) is 26.9 Å². The average Bonchev–Trinajstić information content (AvgIpc) is 3.57. The molecule has 1 saturated heterocycles. The summed E-state index contributed by atoms with van der Waals surface area (Å²) in [6, 6.07) is 6.87. The molecular formula is C24H23F3N10O2S. The third-order valence-electron chi connectivity index (χ3n) is 6.54. The van der Waals surface area contributed by atoms with Crippen molar-refractivity contribution in [3.8, 4) is 34.5 Å². The van der Waals surface area contributed by atoms with Crippen molar-refractivity contribution in [2.75, 3.05) is 24.7 Å². The largest absolute Gasteiger partial charge is 0.420 e. The van der Waals surface area contributed by atoms with E-state index < -0.39 is 27.5 Å². The molecule has 0 unspecified atom stereocenters. The van der Waals surface area contributed by atoms with Gasteiger partial charge in [-0.25, -0.2) is 37.3 Å². The molecule has 0 aliphatic carbocycles. The zero-order chi connectivity index (χ0) is 28.7. The second-order valence-electron chi connectivity index (χ2n) is 9.25. The zero-order valence-electron chi connectivity index (χ0n) is 21.3. The van der Waals surface area contributed by atoms with Crippen LogP contribution in [-0.2, 0) is 23.2 Å². The number of alkyl halides is 3. The van der Waals surface area contributed by atoms with Crippen LogP contribution in [0.25, 0.3) is 28.5 Å². The highest BCUT2D eigenvalue weighted by Crippen LogP contribution is 2.36. The number of imidazole rings is 1. The quantitative estimate of drug-likeness (QED) is 0.368. The van der Waals surface area contributed by atoms with Gasteiger partial charge in [-0.3, -0.25) is 0 Å². The summed E-state index contributed by atoms with van der Waals surface area (Å²) < 4.78 is 69.5. The summed E-state index contributed by atoms with van der Waals surface area (Å²) >= 11 is 0. The van der Waals surface area contributed by atoms with E-state index in [1.165, 1.54) is 27.7 Å². The normalized spacial score (nSPS) is 15.2. The minimum absolute atomic E-state index is 0.0268. The van der Waals surface area contributed by atoms with Crippen LogP contribution in [0.1, 0.15) is 24.0 Å². The van der Waals surface area contributed by atoms with Crippen molar-refractivity contribution in [1.29, 1.82) is 5.26 Å². The van der Waals surface area contributed by atoms with Crippen LogP contribution in [0.2, 0.25) is 0 Å². The molecule has 0 amide bonds. The minimum Gasteiger partial charge on any atom is -0.351 e. The van der Waals surface area contributed by atoms with Crippen molar-refractivity contribution >= 4 is 16.0 Å². The van der Waals surface area contributed by atoms with Crippen LogP contribution in [0.4, 0.5) is 19.1 Å². The Morgan fingerprint density at radius 2 is 1.90 bits per heavy atom. The average molecular weight is 573 g/mol. The molecule has 0 atom stereocenters. The molecule has 16 heteroatoms. The number of nitrogens with one attached hydrogen (secondary N) is 1. The van der Waals surface area contributed by atoms with E-state index in [1.54, 1.807) is 29.9 Å². The first-order chi connectivity index (χ1) is 18.9. The summed E-state index contributed by atoms with van der Waals surface area (Å²) in [5.41, 5.74) is -0.239. The summed E-state index contributed by atoms with van der Waals surface area (Å²) in [6.45, 7) is 0.566. The van der Waals surface area contributed by atoms with E-state index >= 15 is 0 Å². The summed E-state index contributed by atoms with van der Waals surface area (Å²) in [7, 11) is -1.60. The van der Waals surface area contributed by atoms with Crippen molar-refractivity contribution in [1.82, 2.24) is 38.6 Å². The third kappa shape index (κ3) is 5.51. The van der Waals surface area contributed by atoms with Crippen molar-refractivity contribution in [2.24, 2.45) is 7.05 Å². The molecule has 1 N–H and O–H groups in total. The molecule has 4 heterocycles. The number of nitrogens with zero attached hydrogens (tertiary/aromatic N) is 9. The van der Waals surface area contributed by atoms with E-state index in [2.05, 4.69) is 36.4 Å². The number of benzene rings is 1. The number of piperidine rings is 1. The molecule has 1 fully saturated rings. The van der Waals surface area contributed by atoms with Gasteiger partial charge in [0.1, 0.15) is 35.7 Å². The molecule has 0 saturated carbocycles. The smallest absolute Gasteiger partial charge is 0.351 e. The number of aryl methyl sites for hydroxylation is 1. The number of sulfonamides is 1. The Labute approximate surface area is 227 Å². The maximum atomic E-state index is 13.9. The van der Waals surface area contributed by atoms with Gasteiger partial charge in [-0.1, -0.05) is 0 Å². The van der Waals surface area contributed by atoms with Gasteiger partial charge in [0, 0.05) is 44.1 Å². The Morgan fingerprint density at radius 3 is 2.52 bits per heavy atom. The number of aromatic nitrogens is 7. The van der Waals surface area contributed by atoms with E-state index in [4.69, 9.17) is 0 Å². The fraction of sp³-hybridized carbons (Fsp3) is 0.333. The number of hydrogen-bond acceptors (Lipinski definition) is 9. The monoisotopic (exact) mass is 572 g/mol. The van der Waals surface area contributed by atoms with Crippen molar-refractivity contribution in [3.05, 3.63) is 54.4 Å². The van der Waals surface area contributed by atoms with E-state index in [1.807, 2.05) is 0 Å². The molecule has 1 aromatic carbocycles. The predicted molar refractivity (Wildman–Crippen MR) is 137 cm³/mol. The highest BCUT2D eigenvalue weighted by Gasteiger charge is 2.36. The lowest BCUT2D eigenvalue weighted by molar-refractivity contribution is -0.137. The van der Waals surface area contributed by atoms with Crippen molar-refractivity contribution < 1.29 is 21.6 Å². The van der Waals surface area contributed by atoms with Crippen LogP contribution >= 0.6 is 0 Å². The molecule has 4 aromatic rings. The van der Waals surface area contributed by atoms with Gasteiger partial charge in [0.05, 0.1) is 17.5 Å². The molecule has 5 rings (SSSR count). The standard InChI is InChI=1S/C24H23F3N10O2S/c1-35-22(30-13-32-35)15-3-4-20(16(9-15)10-28)36-12-19(31-14-36)21-18(24(25,26)27)11-29-23(34-21)33-17-5-7-37(8-6-17)40(2,38)39/h3-4,9,11-14,17H,5-8H2,1-2H3,(H,29,33,34). The predicted octanol–water partition coefficient (Wildman–Crippen LogP) is 2.85. The van der Waals surface area contributed by atoms with Crippen LogP contribution < -0.4 is 5.32 Å². The molecule has 12 nitrogen and oxygen atoms in total. The molecule has 208 valence electrons. The zero-order valence-corrected chi connectivity index (χ0v) is 22.1. The minimum atomic E-state index is -4.74. The first-order valence-corrected chi connectivity index (χ1v) is 13.9. The number of halogens is 3. The van der Waals surface area contributed by atoms with Gasteiger partial charge in [-0.15, -0.1) is 0 Å². The summed E-state index contributed by atoms with van der Waals surface area (Å²) in [6.07, 6.45) is 2.05. The molecule has 3 aromatic heterocycles. The molecule has 0 bridgehead atoms. The van der Waals surface area contributed by atoms with Crippen LogP contribution in [0, 0.1) is 11.3 Å². The number of rotatable bonds is 6. The number of hydrogen-bond donors (Lipinski definition) is 1. The molecule has 1 aliphatic rings. The van der Waals surface area contributed by atoms with Gasteiger partial charge in [0.2, 0.25) is 16.0 Å². The van der Waals surface area contributed by atoms with Gasteiger partial charge in [0.15, 0.2) is 5.82 Å². The lowest BCUT2D eigenvalue weighted by Gasteiger charge is -2.30. The number of anilines is 1. The van der Waals surface area contributed by atoms with E-state index in [-0.39, 0.29) is 36.3 Å². The SMILES string of the molecule is Cn1ncnc1-c1ccc(-n2cnc(-c3nc(NC4CCN(S(C)(=O)=O)CC4)ncc3C(F)(F)F)c2)c(C#N)c1. The van der Waals surface area contributed by atoms with Crippen LogP contribution in [0.3, 0.4) is 0 Å². The molecule has 0 spiro atoms. The van der Waals surface area contributed by atoms with Gasteiger partial charge in [-0.2, -0.15) is 23.5 Å². The first kappa shape index (κ1) is 27.2. The summed E-state index contributed by atoms with van der Waals surface area (Å²) in [5, 5.41) is 16.8. The van der Waals surface area contributed by atoms with Gasteiger partial charge < -0.3 is 9.88 Å². The lowest BCUT2D eigenvalue weighted by Crippen LogP contribution is -2.42. The van der Waals surface area contributed by atoms with Crippen molar-refractivity contribution in [3.63, 3.8) is 0 Å². The fourth-order valence-electron chi connectivity index (χ4n) is 4.49. The number of nitriles is 1. The van der Waals surface area contributed by atoms with Gasteiger partial charge in [0.25, 0.3) is 0 Å². The molecule has 0 radical (unpaired) electrons. The fourth-order valence-corrected chi connectivity index (χ4v) is 5.37. The second kappa shape index (κ2) is 10.3. The highest BCUT2D eigenvalue weighted by atomic mass is 32.2. The molecular weight excluding hydrogens is 549 g/mol. The Hall–Kier alpha value is -4.36. The summed E-state index contributed by atoms with van der Waals surface area (Å²) in [4.78, 5) is 16.3. The van der Waals surface area contributed by atoms with Crippen LogP contribution in [-0.4, -0.2) is 72.4 Å². The Kier molecular flexibility index (Phi) is 7.02. The maximum absolute atomic E-state index is 13.9. The van der Waals surface area contributed by atoms with Crippen molar-refractivity contribution in [2.45, 2.75) is 25.1 Å². The Balaban J connectivity index is 1.44. The second-order valence-corrected chi connectivity index (χ2v) is 11.2. The van der Waals surface area contributed by atoms with Gasteiger partial charge in [-0.05, 0) is 31.0 Å². The van der Waals surface area contributed by atoms with Crippen LogP contribution in [0.15, 0.2) is 43.2 Å². The summed E-state index contributed by atoms with van der Waals surface area (Å²) in [5.74, 6) is 0.522. The highest BCUT2D eigenvalue weighted by molar-refractivity contribution is 7.88. The Bertz CT molecular complexity index is 1700. The third-order valence-corrected chi connectivity index (χ3v) is 7.84. The maximum Gasteiger partial charge on any atom is 0.420 e. The molecule has 40 heavy (non-hydrogen) atoms. The first-order valence-electron chi connectivity index (χ1n) is 12.0. The van der Waals surface area contributed by atoms with E-state index in [0.29, 0.717) is 36.1 Å².